The number of aliphatic hydroxyl groups is 1. The number of benzene rings is 2. The standard InChI is InChI=1S/C26H32N5O7PSi/c1-25(2,3)40(17-10-6-4-7-11-17,18-12-8-5-9-13-18)37-15-19-26(33,39(34,35)36)14-20(38-19)31-16-28-21-22(31)29-24(27)30-23(21)32/h4-13,16,19-20,33H,14-15H2,1-3H3,(H2,34,35,36)(H3,27,29,30,32)/t19-,20-,26-/m1/s1. The van der Waals surface area contributed by atoms with Gasteiger partial charge in [-0.1, -0.05) is 81.4 Å². The molecule has 0 unspecified atom stereocenters. The Kier molecular flexibility index (Phi) is 7.12. The lowest BCUT2D eigenvalue weighted by atomic mass is 10.2. The van der Waals surface area contributed by atoms with E-state index in [-0.39, 0.29) is 23.7 Å². The number of nitrogens with two attached hydrogens (primary N) is 1. The lowest BCUT2D eigenvalue weighted by molar-refractivity contribution is -0.0562. The first-order valence-electron chi connectivity index (χ1n) is 12.7. The van der Waals surface area contributed by atoms with Gasteiger partial charge in [0.15, 0.2) is 16.5 Å². The van der Waals surface area contributed by atoms with Crippen molar-refractivity contribution in [2.24, 2.45) is 0 Å². The van der Waals surface area contributed by atoms with E-state index in [1.54, 1.807) is 0 Å². The smallest absolute Gasteiger partial charge is 0.359 e. The number of hydrogen-bond acceptors (Lipinski definition) is 8. The van der Waals surface area contributed by atoms with Crippen molar-refractivity contribution in [3.05, 3.63) is 77.3 Å². The number of nitrogen functional groups attached to an aromatic ring is 1. The molecule has 0 aliphatic carbocycles. The molecule has 40 heavy (non-hydrogen) atoms. The Morgan fingerprint density at radius 3 is 2.25 bits per heavy atom. The summed E-state index contributed by atoms with van der Waals surface area (Å²) in [6.45, 7) is 5.89. The van der Waals surface area contributed by atoms with E-state index >= 15 is 0 Å². The summed E-state index contributed by atoms with van der Waals surface area (Å²) in [7, 11) is -8.27. The minimum absolute atomic E-state index is 0.0236. The molecule has 0 bridgehead atoms. The second-order valence-electron chi connectivity index (χ2n) is 11.0. The lowest BCUT2D eigenvalue weighted by Crippen LogP contribution is -2.67. The van der Waals surface area contributed by atoms with Gasteiger partial charge in [-0.3, -0.25) is 18.9 Å². The molecule has 0 saturated carbocycles. The maximum Gasteiger partial charge on any atom is 0.359 e. The Hall–Kier alpha value is -3.16. The van der Waals surface area contributed by atoms with Crippen LogP contribution in [0.3, 0.4) is 0 Å². The molecule has 3 heterocycles. The van der Waals surface area contributed by atoms with E-state index in [4.69, 9.17) is 14.9 Å². The highest BCUT2D eigenvalue weighted by Gasteiger charge is 2.61. The van der Waals surface area contributed by atoms with Crippen LogP contribution in [0.5, 0.6) is 0 Å². The Bertz CT molecular complexity index is 1580. The van der Waals surface area contributed by atoms with Crippen molar-refractivity contribution in [2.45, 2.75) is 49.9 Å². The Balaban J connectivity index is 1.57. The van der Waals surface area contributed by atoms with Crippen molar-refractivity contribution in [3.63, 3.8) is 0 Å². The van der Waals surface area contributed by atoms with Gasteiger partial charge in [0.2, 0.25) is 5.95 Å². The fourth-order valence-electron chi connectivity index (χ4n) is 5.49. The van der Waals surface area contributed by atoms with Crippen molar-refractivity contribution in [2.75, 3.05) is 12.3 Å². The second-order valence-corrected chi connectivity index (χ2v) is 17.1. The van der Waals surface area contributed by atoms with Gasteiger partial charge in [0.1, 0.15) is 12.3 Å². The molecule has 3 atom stereocenters. The zero-order valence-corrected chi connectivity index (χ0v) is 24.2. The molecule has 4 aromatic rings. The molecule has 14 heteroatoms. The predicted octanol–water partition coefficient (Wildman–Crippen LogP) is 1.43. The summed E-state index contributed by atoms with van der Waals surface area (Å²) in [6.07, 6.45) is -1.75. The molecular formula is C26H32N5O7PSi. The topological polar surface area (TPSA) is 186 Å². The van der Waals surface area contributed by atoms with E-state index in [1.165, 1.54) is 10.9 Å². The van der Waals surface area contributed by atoms with E-state index in [0.717, 1.165) is 10.4 Å². The van der Waals surface area contributed by atoms with Crippen molar-refractivity contribution in [1.82, 2.24) is 19.5 Å². The molecule has 2 aromatic heterocycles. The summed E-state index contributed by atoms with van der Waals surface area (Å²) < 4.78 is 27.0. The average molecular weight is 586 g/mol. The third kappa shape index (κ3) is 4.63. The number of aromatic amines is 1. The molecule has 5 rings (SSSR count). The summed E-state index contributed by atoms with van der Waals surface area (Å²) in [5.74, 6) is -0.158. The highest BCUT2D eigenvalue weighted by molar-refractivity contribution is 7.53. The number of imidazole rings is 1. The third-order valence-electron chi connectivity index (χ3n) is 7.45. The highest BCUT2D eigenvalue weighted by atomic mass is 31.2. The van der Waals surface area contributed by atoms with Gasteiger partial charge >= 0.3 is 7.60 Å². The van der Waals surface area contributed by atoms with Crippen LogP contribution in [0, 0.1) is 0 Å². The van der Waals surface area contributed by atoms with Crippen LogP contribution in [0.25, 0.3) is 11.2 Å². The molecule has 0 radical (unpaired) electrons. The number of H-pyrrole nitrogens is 1. The van der Waals surface area contributed by atoms with E-state index in [0.29, 0.717) is 0 Å². The predicted molar refractivity (Wildman–Crippen MR) is 152 cm³/mol. The van der Waals surface area contributed by atoms with Crippen LogP contribution in [0.1, 0.15) is 33.4 Å². The van der Waals surface area contributed by atoms with Gasteiger partial charge in [-0.05, 0) is 15.4 Å². The number of hydrogen-bond donors (Lipinski definition) is 5. The maximum atomic E-state index is 12.7. The summed E-state index contributed by atoms with van der Waals surface area (Å²) in [5, 5.41) is 10.4. The first-order valence-corrected chi connectivity index (χ1v) is 16.2. The van der Waals surface area contributed by atoms with Gasteiger partial charge < -0.3 is 29.8 Å². The maximum absolute atomic E-state index is 12.7. The number of aromatic nitrogens is 4. The van der Waals surface area contributed by atoms with Crippen molar-refractivity contribution in [1.29, 1.82) is 0 Å². The number of nitrogens with one attached hydrogen (secondary N) is 1. The Morgan fingerprint density at radius 2 is 1.73 bits per heavy atom. The second kappa shape index (κ2) is 10.0. The van der Waals surface area contributed by atoms with Crippen LogP contribution in [-0.4, -0.2) is 60.8 Å². The fourth-order valence-corrected chi connectivity index (χ4v) is 11.0. The average Bonchev–Trinajstić information content (AvgIpc) is 3.46. The molecule has 1 saturated heterocycles. The lowest BCUT2D eigenvalue weighted by Gasteiger charge is -2.44. The largest absolute Gasteiger partial charge is 0.405 e. The summed E-state index contributed by atoms with van der Waals surface area (Å²) in [4.78, 5) is 43.4. The normalized spacial score (nSPS) is 22.1. The number of anilines is 1. The quantitative estimate of drug-likeness (QED) is 0.157. The van der Waals surface area contributed by atoms with Gasteiger partial charge in [0, 0.05) is 6.42 Å². The monoisotopic (exact) mass is 585 g/mol. The fraction of sp³-hybridized carbons (Fsp3) is 0.346. The van der Waals surface area contributed by atoms with Gasteiger partial charge in [0.05, 0.1) is 12.9 Å². The van der Waals surface area contributed by atoms with Gasteiger partial charge in [-0.2, -0.15) is 4.98 Å². The molecule has 212 valence electrons. The Labute approximate surface area is 231 Å². The van der Waals surface area contributed by atoms with Crippen LogP contribution in [0.15, 0.2) is 71.8 Å². The van der Waals surface area contributed by atoms with Crippen molar-refractivity contribution >= 4 is 43.4 Å². The van der Waals surface area contributed by atoms with E-state index in [2.05, 4.69) is 35.7 Å². The van der Waals surface area contributed by atoms with Crippen molar-refractivity contribution in [3.8, 4) is 0 Å². The van der Waals surface area contributed by atoms with Crippen LogP contribution < -0.4 is 21.7 Å². The molecule has 6 N–H and O–H groups in total. The van der Waals surface area contributed by atoms with E-state index in [1.807, 2.05) is 60.7 Å². The van der Waals surface area contributed by atoms with Crippen LogP contribution in [0.4, 0.5) is 5.95 Å². The molecule has 0 amide bonds. The zero-order valence-electron chi connectivity index (χ0n) is 22.3. The van der Waals surface area contributed by atoms with Gasteiger partial charge in [-0.25, -0.2) is 4.98 Å². The number of ether oxygens (including phenoxy) is 1. The highest BCUT2D eigenvalue weighted by Crippen LogP contribution is 2.59. The van der Waals surface area contributed by atoms with Crippen LogP contribution in [-0.2, 0) is 13.7 Å². The van der Waals surface area contributed by atoms with Gasteiger partial charge in [0.25, 0.3) is 13.9 Å². The summed E-state index contributed by atoms with van der Waals surface area (Å²) >= 11 is 0. The SMILES string of the molecule is CC(C)(C)[Si](OC[C@H]1O[C@@H](n2cnc3c(=O)[nH]c(N)nc32)C[C@@]1(O)P(=O)(O)O)(c1ccccc1)c1ccccc1. The zero-order chi connectivity index (χ0) is 28.9. The molecule has 12 nitrogen and oxygen atoms in total. The molecule has 1 aliphatic rings. The molecular weight excluding hydrogens is 553 g/mol. The minimum atomic E-state index is -5.15. The third-order valence-corrected chi connectivity index (χ3v) is 13.9. The minimum Gasteiger partial charge on any atom is -0.405 e. The van der Waals surface area contributed by atoms with E-state index in [9.17, 15) is 24.3 Å². The van der Waals surface area contributed by atoms with Crippen LogP contribution in [0.2, 0.25) is 5.04 Å². The van der Waals surface area contributed by atoms with E-state index < -0.39 is 50.6 Å². The number of fused-ring (bicyclic) bond motifs is 1. The Morgan fingerprint density at radius 1 is 1.15 bits per heavy atom. The van der Waals surface area contributed by atoms with Crippen LogP contribution >= 0.6 is 7.60 Å². The molecule has 2 aromatic carbocycles. The molecule has 1 fully saturated rings. The summed E-state index contributed by atoms with van der Waals surface area (Å²) in [5.41, 5.74) is 5.18. The number of rotatable bonds is 7. The van der Waals surface area contributed by atoms with Crippen molar-refractivity contribution < 1.29 is 28.6 Å². The molecule has 1 aliphatic heterocycles. The summed E-state index contributed by atoms with van der Waals surface area (Å²) in [6, 6.07) is 19.5. The molecule has 0 spiro atoms. The van der Waals surface area contributed by atoms with Gasteiger partial charge in [-0.15, -0.1) is 0 Å². The number of nitrogens with zero attached hydrogens (tertiary/aromatic N) is 3. The first kappa shape index (κ1) is 28.4. The first-order chi connectivity index (χ1) is 18.8.